The van der Waals surface area contributed by atoms with Crippen LogP contribution in [0.2, 0.25) is 0 Å². The minimum absolute atomic E-state index is 0.211. The summed E-state index contributed by atoms with van der Waals surface area (Å²) in [6.07, 6.45) is 0. The van der Waals surface area contributed by atoms with E-state index in [9.17, 15) is 8.42 Å². The molecule has 25 heavy (non-hydrogen) atoms. The van der Waals surface area contributed by atoms with E-state index >= 15 is 0 Å². The summed E-state index contributed by atoms with van der Waals surface area (Å²) in [5, 5.41) is 0. The van der Waals surface area contributed by atoms with Crippen LogP contribution in [0.15, 0.2) is 47.4 Å². The molecule has 134 valence electrons. The summed E-state index contributed by atoms with van der Waals surface area (Å²) in [5.41, 5.74) is 3.10. The Morgan fingerprint density at radius 2 is 1.88 bits per heavy atom. The fourth-order valence-electron chi connectivity index (χ4n) is 2.82. The number of hydrogen-bond donors (Lipinski definition) is 1. The zero-order valence-electron chi connectivity index (χ0n) is 14.5. The summed E-state index contributed by atoms with van der Waals surface area (Å²) in [6.45, 7) is 5.70. The first-order chi connectivity index (χ1) is 12.0. The van der Waals surface area contributed by atoms with E-state index in [1.54, 1.807) is 12.1 Å². The van der Waals surface area contributed by atoms with Gasteiger partial charge in [-0.1, -0.05) is 38.1 Å². The average molecular weight is 361 g/mol. The fourth-order valence-corrected chi connectivity index (χ4v) is 3.89. The van der Waals surface area contributed by atoms with E-state index < -0.39 is 10.0 Å². The van der Waals surface area contributed by atoms with Crippen molar-refractivity contribution >= 4 is 10.0 Å². The molecular formula is C19H23NO4S. The summed E-state index contributed by atoms with van der Waals surface area (Å²) >= 11 is 0. The predicted molar refractivity (Wildman–Crippen MR) is 96.1 cm³/mol. The molecule has 0 bridgehead atoms. The number of nitrogens with one attached hydrogen (secondary N) is 1. The van der Waals surface area contributed by atoms with Crippen molar-refractivity contribution in [3.63, 3.8) is 0 Å². The van der Waals surface area contributed by atoms with Gasteiger partial charge < -0.3 is 9.47 Å². The molecule has 0 radical (unpaired) electrons. The van der Waals surface area contributed by atoms with Gasteiger partial charge in [0.1, 0.15) is 12.4 Å². The Morgan fingerprint density at radius 3 is 2.68 bits per heavy atom. The van der Waals surface area contributed by atoms with Gasteiger partial charge in [0.2, 0.25) is 10.0 Å². The fraction of sp³-hybridized carbons (Fsp3) is 0.368. The van der Waals surface area contributed by atoms with E-state index in [-0.39, 0.29) is 18.0 Å². The molecule has 2 aromatic rings. The summed E-state index contributed by atoms with van der Waals surface area (Å²) < 4.78 is 38.5. The molecule has 2 aromatic carbocycles. The molecular weight excluding hydrogens is 338 g/mol. The number of para-hydroxylation sites is 1. The van der Waals surface area contributed by atoms with Crippen LogP contribution in [-0.2, 0) is 28.0 Å². The highest BCUT2D eigenvalue weighted by Gasteiger charge is 2.18. The second-order valence-corrected chi connectivity index (χ2v) is 8.13. The first-order valence-electron chi connectivity index (χ1n) is 8.38. The highest BCUT2D eigenvalue weighted by molar-refractivity contribution is 7.89. The number of sulfonamides is 1. The highest BCUT2D eigenvalue weighted by Crippen LogP contribution is 2.26. The lowest BCUT2D eigenvalue weighted by molar-refractivity contribution is 0.134. The lowest BCUT2D eigenvalue weighted by Gasteiger charge is -2.14. The largest absolute Gasteiger partial charge is 0.492 e. The van der Waals surface area contributed by atoms with Crippen molar-refractivity contribution in [3.05, 3.63) is 59.2 Å². The Bertz CT molecular complexity index is 846. The molecule has 1 aliphatic rings. The number of rotatable bonds is 7. The Balaban J connectivity index is 1.58. The van der Waals surface area contributed by atoms with E-state index in [1.165, 1.54) is 0 Å². The summed E-state index contributed by atoms with van der Waals surface area (Å²) in [5.74, 6) is 1.15. The van der Waals surface area contributed by atoms with Crippen molar-refractivity contribution in [3.8, 4) is 5.75 Å². The van der Waals surface area contributed by atoms with Gasteiger partial charge in [0.15, 0.2) is 0 Å². The minimum atomic E-state index is -3.55. The third kappa shape index (κ3) is 4.21. The van der Waals surface area contributed by atoms with Gasteiger partial charge in [-0.2, -0.15) is 0 Å². The van der Waals surface area contributed by atoms with Gasteiger partial charge in [0.05, 0.1) is 18.1 Å². The maximum absolute atomic E-state index is 12.4. The van der Waals surface area contributed by atoms with Gasteiger partial charge in [-0.15, -0.1) is 0 Å². The molecule has 1 heterocycles. The standard InChI is InChI=1S/C19H23NO4S/c1-14(2)18-5-3-4-6-19(18)24-10-9-20-25(21,22)17-8-7-15-12-23-13-16(15)11-17/h3-8,11,14,20H,9-10,12-13H2,1-2H3. The molecule has 0 saturated heterocycles. The third-order valence-corrected chi connectivity index (χ3v) is 5.65. The third-order valence-electron chi connectivity index (χ3n) is 4.20. The smallest absolute Gasteiger partial charge is 0.240 e. The molecule has 0 fully saturated rings. The molecule has 0 unspecified atom stereocenters. The van der Waals surface area contributed by atoms with Gasteiger partial charge >= 0.3 is 0 Å². The van der Waals surface area contributed by atoms with Crippen LogP contribution in [0.5, 0.6) is 5.75 Å². The van der Waals surface area contributed by atoms with Gasteiger partial charge in [-0.3, -0.25) is 0 Å². The molecule has 0 amide bonds. The normalized spacial score (nSPS) is 13.9. The zero-order valence-corrected chi connectivity index (χ0v) is 15.3. The first-order valence-corrected chi connectivity index (χ1v) is 9.86. The highest BCUT2D eigenvalue weighted by atomic mass is 32.2. The molecule has 0 saturated carbocycles. The van der Waals surface area contributed by atoms with Gasteiger partial charge in [0.25, 0.3) is 0 Å². The summed E-state index contributed by atoms with van der Waals surface area (Å²) in [4.78, 5) is 0.263. The van der Waals surface area contributed by atoms with E-state index in [1.807, 2.05) is 30.3 Å². The van der Waals surface area contributed by atoms with Crippen molar-refractivity contribution in [2.24, 2.45) is 0 Å². The molecule has 5 nitrogen and oxygen atoms in total. The Labute approximate surface area is 149 Å². The van der Waals surface area contributed by atoms with Crippen LogP contribution in [0.3, 0.4) is 0 Å². The molecule has 0 spiro atoms. The number of hydrogen-bond acceptors (Lipinski definition) is 4. The lowest BCUT2D eigenvalue weighted by Crippen LogP contribution is -2.28. The number of benzene rings is 2. The molecule has 1 aliphatic heterocycles. The van der Waals surface area contributed by atoms with Crippen LogP contribution in [0.1, 0.15) is 36.5 Å². The second-order valence-electron chi connectivity index (χ2n) is 6.36. The van der Waals surface area contributed by atoms with Crippen molar-refractivity contribution < 1.29 is 17.9 Å². The van der Waals surface area contributed by atoms with E-state index in [0.29, 0.717) is 19.1 Å². The SMILES string of the molecule is CC(C)c1ccccc1OCCNS(=O)(=O)c1ccc2c(c1)COC2. The Kier molecular flexibility index (Phi) is 5.42. The average Bonchev–Trinajstić information content (AvgIpc) is 3.06. The van der Waals surface area contributed by atoms with Gasteiger partial charge in [-0.25, -0.2) is 13.1 Å². The van der Waals surface area contributed by atoms with Crippen LogP contribution >= 0.6 is 0 Å². The Morgan fingerprint density at radius 1 is 1.12 bits per heavy atom. The van der Waals surface area contributed by atoms with Crippen molar-refractivity contribution in [1.82, 2.24) is 4.72 Å². The summed E-state index contributed by atoms with van der Waals surface area (Å²) in [6, 6.07) is 12.9. The van der Waals surface area contributed by atoms with Crippen molar-refractivity contribution in [2.45, 2.75) is 37.9 Å². The lowest BCUT2D eigenvalue weighted by atomic mass is 10.0. The summed E-state index contributed by atoms with van der Waals surface area (Å²) in [7, 11) is -3.55. The van der Waals surface area contributed by atoms with Gasteiger partial charge in [0, 0.05) is 6.54 Å². The van der Waals surface area contributed by atoms with E-state index in [4.69, 9.17) is 9.47 Å². The maximum atomic E-state index is 12.4. The molecule has 0 aliphatic carbocycles. The van der Waals surface area contributed by atoms with Crippen molar-refractivity contribution in [2.75, 3.05) is 13.2 Å². The number of fused-ring (bicyclic) bond motifs is 1. The van der Waals surface area contributed by atoms with Gasteiger partial charge in [-0.05, 0) is 40.8 Å². The number of ether oxygens (including phenoxy) is 2. The second kappa shape index (κ2) is 7.56. The van der Waals surface area contributed by atoms with Crippen LogP contribution < -0.4 is 9.46 Å². The minimum Gasteiger partial charge on any atom is -0.492 e. The van der Waals surface area contributed by atoms with E-state index in [2.05, 4.69) is 18.6 Å². The zero-order chi connectivity index (χ0) is 17.9. The quantitative estimate of drug-likeness (QED) is 0.769. The molecule has 6 heteroatoms. The molecule has 3 rings (SSSR count). The molecule has 0 atom stereocenters. The Hall–Kier alpha value is -1.89. The first kappa shape index (κ1) is 17.9. The van der Waals surface area contributed by atoms with Crippen LogP contribution in [-0.4, -0.2) is 21.6 Å². The van der Waals surface area contributed by atoms with Crippen molar-refractivity contribution in [1.29, 1.82) is 0 Å². The molecule has 0 aromatic heterocycles. The van der Waals surface area contributed by atoms with Crippen LogP contribution in [0.25, 0.3) is 0 Å². The topological polar surface area (TPSA) is 64.6 Å². The van der Waals surface area contributed by atoms with Crippen LogP contribution in [0.4, 0.5) is 0 Å². The van der Waals surface area contributed by atoms with Crippen LogP contribution in [0, 0.1) is 0 Å². The van der Waals surface area contributed by atoms with E-state index in [0.717, 1.165) is 22.4 Å². The monoisotopic (exact) mass is 361 g/mol. The maximum Gasteiger partial charge on any atom is 0.240 e. The predicted octanol–water partition coefficient (Wildman–Crippen LogP) is 3.20. The molecule has 1 N–H and O–H groups in total.